The van der Waals surface area contributed by atoms with E-state index in [1.165, 1.54) is 10.9 Å². The van der Waals surface area contributed by atoms with Gasteiger partial charge in [-0.25, -0.2) is 0 Å². The molecule has 3 nitrogen and oxygen atoms in total. The number of aromatic amines is 1. The van der Waals surface area contributed by atoms with Crippen LogP contribution in [0.3, 0.4) is 0 Å². The molecule has 0 bridgehead atoms. The fourth-order valence-corrected chi connectivity index (χ4v) is 1.80. The van der Waals surface area contributed by atoms with Gasteiger partial charge in [0.15, 0.2) is 0 Å². The van der Waals surface area contributed by atoms with Gasteiger partial charge in [-0.15, -0.1) is 0 Å². The van der Waals surface area contributed by atoms with Crippen LogP contribution in [0.4, 0.5) is 0 Å². The number of hydrogen-bond acceptors (Lipinski definition) is 2. The minimum Gasteiger partial charge on any atom is -0.361 e. The Morgan fingerprint density at radius 2 is 2.13 bits per heavy atom. The molecular formula is C12H17N3. The zero-order valence-electron chi connectivity index (χ0n) is 8.74. The van der Waals surface area contributed by atoms with Crippen LogP contribution < -0.4 is 11.5 Å². The largest absolute Gasteiger partial charge is 0.361 e. The number of rotatable bonds is 4. The molecule has 2 aromatic rings. The Hall–Kier alpha value is -1.32. The molecular weight excluding hydrogens is 186 g/mol. The van der Waals surface area contributed by atoms with E-state index in [0.717, 1.165) is 18.4 Å². The maximum atomic E-state index is 6.07. The lowest BCUT2D eigenvalue weighted by atomic mass is 10.0. The van der Waals surface area contributed by atoms with Gasteiger partial charge in [0.2, 0.25) is 0 Å². The van der Waals surface area contributed by atoms with Crippen LogP contribution in [-0.2, 0) is 0 Å². The molecule has 0 aliphatic heterocycles. The molecule has 1 atom stereocenters. The molecule has 0 aliphatic rings. The molecule has 0 fully saturated rings. The normalized spacial score (nSPS) is 13.2. The lowest BCUT2D eigenvalue weighted by molar-refractivity contribution is 0.618. The van der Waals surface area contributed by atoms with Gasteiger partial charge in [-0.1, -0.05) is 12.1 Å². The zero-order chi connectivity index (χ0) is 10.7. The summed E-state index contributed by atoms with van der Waals surface area (Å²) in [4.78, 5) is 3.19. The van der Waals surface area contributed by atoms with Gasteiger partial charge < -0.3 is 16.5 Å². The highest BCUT2D eigenvalue weighted by molar-refractivity contribution is 5.79. The zero-order valence-corrected chi connectivity index (χ0v) is 8.74. The van der Waals surface area contributed by atoms with Gasteiger partial charge in [0.05, 0.1) is 0 Å². The van der Waals surface area contributed by atoms with Gasteiger partial charge in [0.1, 0.15) is 0 Å². The van der Waals surface area contributed by atoms with E-state index >= 15 is 0 Å². The molecule has 0 saturated carbocycles. The van der Waals surface area contributed by atoms with Crippen molar-refractivity contribution < 1.29 is 0 Å². The van der Waals surface area contributed by atoms with Crippen LogP contribution in [0, 0.1) is 0 Å². The smallest absolute Gasteiger partial charge is 0.0457 e. The second-order valence-corrected chi connectivity index (χ2v) is 3.86. The average Bonchev–Trinajstić information content (AvgIpc) is 2.72. The summed E-state index contributed by atoms with van der Waals surface area (Å²) in [6, 6.07) is 8.48. The summed E-state index contributed by atoms with van der Waals surface area (Å²) in [7, 11) is 0. The SMILES string of the molecule is NCCC[C@@H](N)c1ccc2cc[nH]c2c1. The van der Waals surface area contributed by atoms with Crippen molar-refractivity contribution in [3.8, 4) is 0 Å². The highest BCUT2D eigenvalue weighted by Gasteiger charge is 2.06. The summed E-state index contributed by atoms with van der Waals surface area (Å²) in [5, 5.41) is 1.23. The maximum Gasteiger partial charge on any atom is 0.0457 e. The molecule has 0 aliphatic carbocycles. The molecule has 1 aromatic carbocycles. The molecule has 0 amide bonds. The lowest BCUT2D eigenvalue weighted by Crippen LogP contribution is -2.12. The minimum atomic E-state index is 0.0984. The van der Waals surface area contributed by atoms with E-state index in [9.17, 15) is 0 Å². The molecule has 0 unspecified atom stereocenters. The van der Waals surface area contributed by atoms with Crippen molar-refractivity contribution in [1.29, 1.82) is 0 Å². The topological polar surface area (TPSA) is 67.8 Å². The van der Waals surface area contributed by atoms with Crippen LogP contribution in [0.2, 0.25) is 0 Å². The molecule has 80 valence electrons. The molecule has 2 rings (SSSR count). The van der Waals surface area contributed by atoms with Gasteiger partial charge in [-0.3, -0.25) is 0 Å². The third-order valence-corrected chi connectivity index (χ3v) is 2.73. The van der Waals surface area contributed by atoms with E-state index < -0.39 is 0 Å². The lowest BCUT2D eigenvalue weighted by Gasteiger charge is -2.11. The molecule has 3 heteroatoms. The van der Waals surface area contributed by atoms with Crippen LogP contribution in [0.5, 0.6) is 0 Å². The summed E-state index contributed by atoms with van der Waals surface area (Å²) in [5.41, 5.74) is 13.9. The molecule has 1 aromatic heterocycles. The van der Waals surface area contributed by atoms with E-state index in [4.69, 9.17) is 11.5 Å². The summed E-state index contributed by atoms with van der Waals surface area (Å²) in [5.74, 6) is 0. The molecule has 0 radical (unpaired) electrons. The van der Waals surface area contributed by atoms with E-state index in [1.807, 2.05) is 6.20 Å². The van der Waals surface area contributed by atoms with Crippen molar-refractivity contribution in [2.24, 2.45) is 11.5 Å². The van der Waals surface area contributed by atoms with Crippen LogP contribution in [-0.4, -0.2) is 11.5 Å². The molecule has 15 heavy (non-hydrogen) atoms. The Morgan fingerprint density at radius 1 is 1.27 bits per heavy atom. The van der Waals surface area contributed by atoms with Gasteiger partial charge in [0, 0.05) is 17.8 Å². The van der Waals surface area contributed by atoms with Crippen molar-refractivity contribution >= 4 is 10.9 Å². The monoisotopic (exact) mass is 203 g/mol. The molecule has 0 saturated heterocycles. The van der Waals surface area contributed by atoms with Crippen molar-refractivity contribution in [1.82, 2.24) is 4.98 Å². The van der Waals surface area contributed by atoms with Crippen molar-refractivity contribution in [2.75, 3.05) is 6.54 Å². The Kier molecular flexibility index (Phi) is 3.04. The number of H-pyrrole nitrogens is 1. The van der Waals surface area contributed by atoms with Crippen molar-refractivity contribution in [2.45, 2.75) is 18.9 Å². The molecule has 1 heterocycles. The number of nitrogens with two attached hydrogens (primary N) is 2. The first-order valence-corrected chi connectivity index (χ1v) is 5.34. The highest BCUT2D eigenvalue weighted by Crippen LogP contribution is 2.20. The van der Waals surface area contributed by atoms with Crippen LogP contribution >= 0.6 is 0 Å². The van der Waals surface area contributed by atoms with Gasteiger partial charge in [-0.2, -0.15) is 0 Å². The molecule has 5 N–H and O–H groups in total. The Labute approximate surface area is 89.5 Å². The minimum absolute atomic E-state index is 0.0984. The molecule has 0 spiro atoms. The van der Waals surface area contributed by atoms with E-state index in [-0.39, 0.29) is 6.04 Å². The maximum absolute atomic E-state index is 6.07. The Morgan fingerprint density at radius 3 is 2.93 bits per heavy atom. The number of benzene rings is 1. The first-order chi connectivity index (χ1) is 7.31. The fraction of sp³-hybridized carbons (Fsp3) is 0.333. The second-order valence-electron chi connectivity index (χ2n) is 3.86. The number of hydrogen-bond donors (Lipinski definition) is 3. The number of nitrogens with one attached hydrogen (secondary N) is 1. The Balaban J connectivity index is 2.19. The highest BCUT2D eigenvalue weighted by atomic mass is 14.7. The number of fused-ring (bicyclic) bond motifs is 1. The third-order valence-electron chi connectivity index (χ3n) is 2.73. The van der Waals surface area contributed by atoms with Gasteiger partial charge in [-0.05, 0) is 42.5 Å². The second kappa shape index (κ2) is 4.47. The fourth-order valence-electron chi connectivity index (χ4n) is 1.80. The Bertz CT molecular complexity index is 433. The average molecular weight is 203 g/mol. The van der Waals surface area contributed by atoms with E-state index in [0.29, 0.717) is 6.54 Å². The van der Waals surface area contributed by atoms with E-state index in [2.05, 4.69) is 29.2 Å². The summed E-state index contributed by atoms with van der Waals surface area (Å²) < 4.78 is 0. The van der Waals surface area contributed by atoms with Crippen LogP contribution in [0.15, 0.2) is 30.5 Å². The van der Waals surface area contributed by atoms with Crippen molar-refractivity contribution in [3.05, 3.63) is 36.0 Å². The van der Waals surface area contributed by atoms with Crippen LogP contribution in [0.1, 0.15) is 24.4 Å². The third kappa shape index (κ3) is 2.19. The standard InChI is InChI=1S/C12H17N3/c13-6-1-2-11(14)10-4-3-9-5-7-15-12(9)8-10/h3-5,7-8,11,15H,1-2,6,13-14H2/t11-/m1/s1. The van der Waals surface area contributed by atoms with E-state index in [1.54, 1.807) is 0 Å². The summed E-state index contributed by atoms with van der Waals surface area (Å²) >= 11 is 0. The predicted molar refractivity (Wildman–Crippen MR) is 63.5 cm³/mol. The first kappa shape index (κ1) is 10.2. The first-order valence-electron chi connectivity index (χ1n) is 5.34. The summed E-state index contributed by atoms with van der Waals surface area (Å²) in [6.07, 6.45) is 3.87. The van der Waals surface area contributed by atoms with Gasteiger partial charge >= 0.3 is 0 Å². The summed E-state index contributed by atoms with van der Waals surface area (Å²) in [6.45, 7) is 0.707. The van der Waals surface area contributed by atoms with Gasteiger partial charge in [0.25, 0.3) is 0 Å². The number of aromatic nitrogens is 1. The predicted octanol–water partition coefficient (Wildman–Crippen LogP) is 1.91. The quantitative estimate of drug-likeness (QED) is 0.710. The van der Waals surface area contributed by atoms with Crippen molar-refractivity contribution in [3.63, 3.8) is 0 Å². The van der Waals surface area contributed by atoms with Crippen LogP contribution in [0.25, 0.3) is 10.9 Å².